The van der Waals surface area contributed by atoms with Crippen molar-refractivity contribution in [3.8, 4) is 5.75 Å². The first-order valence-corrected chi connectivity index (χ1v) is 5.99. The van der Waals surface area contributed by atoms with E-state index in [4.69, 9.17) is 16.3 Å². The predicted octanol–water partition coefficient (Wildman–Crippen LogP) is 2.18. The van der Waals surface area contributed by atoms with E-state index >= 15 is 0 Å². The van der Waals surface area contributed by atoms with Gasteiger partial charge in [-0.15, -0.1) is 11.6 Å². The minimum absolute atomic E-state index is 0.0271. The van der Waals surface area contributed by atoms with Gasteiger partial charge in [0.05, 0.1) is 6.54 Å². The summed E-state index contributed by atoms with van der Waals surface area (Å²) >= 11 is 5.54. The topological polar surface area (TPSA) is 29.5 Å². The van der Waals surface area contributed by atoms with Crippen LogP contribution in [0.5, 0.6) is 5.75 Å². The molecule has 1 heterocycles. The van der Waals surface area contributed by atoms with E-state index in [2.05, 4.69) is 0 Å². The zero-order chi connectivity index (χ0) is 12.3. The van der Waals surface area contributed by atoms with Crippen molar-refractivity contribution < 1.29 is 13.9 Å². The quantitative estimate of drug-likeness (QED) is 0.760. The number of hydrogen-bond donors (Lipinski definition) is 0. The molecule has 0 aliphatic carbocycles. The lowest BCUT2D eigenvalue weighted by atomic mass is 10.2. The zero-order valence-corrected chi connectivity index (χ0v) is 10.0. The lowest BCUT2D eigenvalue weighted by molar-refractivity contribution is -0.131. The van der Waals surface area contributed by atoms with E-state index in [1.807, 2.05) is 0 Å². The minimum Gasteiger partial charge on any atom is -0.491 e. The molecule has 5 heteroatoms. The van der Waals surface area contributed by atoms with Crippen molar-refractivity contribution in [3.63, 3.8) is 0 Å². The van der Waals surface area contributed by atoms with Gasteiger partial charge in [0, 0.05) is 24.4 Å². The molecule has 0 spiro atoms. The number of carbonyl (C=O) groups is 1. The fourth-order valence-corrected chi connectivity index (χ4v) is 1.98. The zero-order valence-electron chi connectivity index (χ0n) is 9.29. The van der Waals surface area contributed by atoms with Crippen LogP contribution in [-0.4, -0.2) is 29.8 Å². The average Bonchev–Trinajstić information content (AvgIpc) is 2.50. The highest BCUT2D eigenvalue weighted by Gasteiger charge is 2.19. The Balaban J connectivity index is 2.18. The Labute approximate surface area is 104 Å². The van der Waals surface area contributed by atoms with E-state index in [1.54, 1.807) is 11.0 Å². The molecule has 0 atom stereocenters. The van der Waals surface area contributed by atoms with Crippen molar-refractivity contribution in [2.45, 2.75) is 13.0 Å². The smallest absolute Gasteiger partial charge is 0.224 e. The molecule has 2 rings (SSSR count). The predicted molar refractivity (Wildman–Crippen MR) is 62.6 cm³/mol. The van der Waals surface area contributed by atoms with Crippen LogP contribution >= 0.6 is 11.6 Å². The van der Waals surface area contributed by atoms with Gasteiger partial charge in [0.15, 0.2) is 0 Å². The third kappa shape index (κ3) is 2.88. The molecule has 0 unspecified atom stereocenters. The molecule has 1 aliphatic rings. The molecule has 0 saturated carbocycles. The van der Waals surface area contributed by atoms with Crippen LogP contribution in [0.3, 0.4) is 0 Å². The summed E-state index contributed by atoms with van der Waals surface area (Å²) < 4.78 is 18.6. The van der Waals surface area contributed by atoms with Crippen molar-refractivity contribution >= 4 is 17.5 Å². The molecule has 3 nitrogen and oxygen atoms in total. The van der Waals surface area contributed by atoms with Gasteiger partial charge < -0.3 is 9.64 Å². The lowest BCUT2D eigenvalue weighted by Gasteiger charge is -2.19. The van der Waals surface area contributed by atoms with Gasteiger partial charge in [-0.3, -0.25) is 4.79 Å². The monoisotopic (exact) mass is 257 g/mol. The van der Waals surface area contributed by atoms with E-state index in [1.165, 1.54) is 12.1 Å². The van der Waals surface area contributed by atoms with Gasteiger partial charge in [0.1, 0.15) is 18.2 Å². The summed E-state index contributed by atoms with van der Waals surface area (Å²) in [6.07, 6.45) is 0.298. The molecule has 0 aromatic heterocycles. The first-order chi connectivity index (χ1) is 8.20. The van der Waals surface area contributed by atoms with Crippen molar-refractivity contribution in [1.82, 2.24) is 4.90 Å². The van der Waals surface area contributed by atoms with Crippen molar-refractivity contribution in [3.05, 3.63) is 29.6 Å². The number of ether oxygens (including phenoxy) is 1. The Bertz CT molecular complexity index is 425. The van der Waals surface area contributed by atoms with Gasteiger partial charge in [-0.05, 0) is 18.2 Å². The minimum atomic E-state index is -0.320. The van der Waals surface area contributed by atoms with Crippen LogP contribution in [0.1, 0.15) is 12.0 Å². The fourth-order valence-electron chi connectivity index (χ4n) is 1.81. The summed E-state index contributed by atoms with van der Waals surface area (Å²) in [6, 6.07) is 4.36. The maximum atomic E-state index is 13.1. The molecular formula is C12H13ClFNO2. The van der Waals surface area contributed by atoms with Crippen LogP contribution in [0.15, 0.2) is 18.2 Å². The van der Waals surface area contributed by atoms with Crippen molar-refractivity contribution in [2.75, 3.05) is 19.0 Å². The standard InChI is InChI=1S/C12H13ClFNO2/c13-4-3-12(16)15-5-6-17-11-2-1-10(14)7-9(11)8-15/h1-2,7H,3-6,8H2. The van der Waals surface area contributed by atoms with Crippen LogP contribution in [0.25, 0.3) is 0 Å². The van der Waals surface area contributed by atoms with Crippen molar-refractivity contribution in [2.24, 2.45) is 0 Å². The van der Waals surface area contributed by atoms with Gasteiger partial charge in [0.25, 0.3) is 0 Å². The molecule has 1 amide bonds. The highest BCUT2D eigenvalue weighted by molar-refractivity contribution is 6.18. The van der Waals surface area contributed by atoms with Crippen molar-refractivity contribution in [1.29, 1.82) is 0 Å². The number of fused-ring (bicyclic) bond motifs is 1. The Morgan fingerprint density at radius 3 is 3.12 bits per heavy atom. The van der Waals surface area contributed by atoms with E-state index in [-0.39, 0.29) is 11.7 Å². The van der Waals surface area contributed by atoms with Gasteiger partial charge in [0.2, 0.25) is 5.91 Å². The Morgan fingerprint density at radius 1 is 1.53 bits per heavy atom. The molecule has 0 saturated heterocycles. The van der Waals surface area contributed by atoms with Crippen LogP contribution < -0.4 is 4.74 Å². The molecule has 0 N–H and O–H groups in total. The second kappa shape index (κ2) is 5.36. The first kappa shape index (κ1) is 12.2. The SMILES string of the molecule is O=C(CCCl)N1CCOc2ccc(F)cc2C1. The third-order valence-corrected chi connectivity index (χ3v) is 2.85. The molecule has 0 radical (unpaired) electrons. The molecule has 92 valence electrons. The summed E-state index contributed by atoms with van der Waals surface area (Å²) in [5.74, 6) is 0.596. The van der Waals surface area contributed by atoms with Crippen LogP contribution in [-0.2, 0) is 11.3 Å². The summed E-state index contributed by atoms with van der Waals surface area (Å²) in [5.41, 5.74) is 0.699. The molecule has 1 aromatic rings. The van der Waals surface area contributed by atoms with Gasteiger partial charge >= 0.3 is 0 Å². The van der Waals surface area contributed by atoms with Crippen LogP contribution in [0.4, 0.5) is 4.39 Å². The largest absolute Gasteiger partial charge is 0.491 e. The van der Waals surface area contributed by atoms with Crippen LogP contribution in [0.2, 0.25) is 0 Å². The third-order valence-electron chi connectivity index (χ3n) is 2.66. The molecule has 1 aliphatic heterocycles. The molecular weight excluding hydrogens is 245 g/mol. The number of carbonyl (C=O) groups excluding carboxylic acids is 1. The Morgan fingerprint density at radius 2 is 2.35 bits per heavy atom. The molecule has 17 heavy (non-hydrogen) atoms. The van der Waals surface area contributed by atoms with E-state index in [0.717, 1.165) is 0 Å². The molecule has 1 aromatic carbocycles. The first-order valence-electron chi connectivity index (χ1n) is 5.45. The summed E-state index contributed by atoms with van der Waals surface area (Å²) in [6.45, 7) is 1.31. The number of hydrogen-bond acceptors (Lipinski definition) is 2. The van der Waals surface area contributed by atoms with Gasteiger partial charge in [-0.1, -0.05) is 0 Å². The number of rotatable bonds is 2. The maximum Gasteiger partial charge on any atom is 0.224 e. The number of halogens is 2. The summed E-state index contributed by atoms with van der Waals surface area (Å²) in [5, 5.41) is 0. The highest BCUT2D eigenvalue weighted by atomic mass is 35.5. The fraction of sp³-hybridized carbons (Fsp3) is 0.417. The van der Waals surface area contributed by atoms with E-state index < -0.39 is 0 Å². The average molecular weight is 258 g/mol. The number of alkyl halides is 1. The van der Waals surface area contributed by atoms with Crippen LogP contribution in [0, 0.1) is 5.82 Å². The molecule has 0 bridgehead atoms. The second-order valence-electron chi connectivity index (χ2n) is 3.85. The molecule has 0 fully saturated rings. The number of amides is 1. The maximum absolute atomic E-state index is 13.1. The second-order valence-corrected chi connectivity index (χ2v) is 4.23. The Kier molecular flexibility index (Phi) is 3.84. The number of nitrogens with zero attached hydrogens (tertiary/aromatic N) is 1. The lowest BCUT2D eigenvalue weighted by Crippen LogP contribution is -2.32. The normalized spacial score (nSPS) is 14.8. The van der Waals surface area contributed by atoms with E-state index in [9.17, 15) is 9.18 Å². The van der Waals surface area contributed by atoms with Gasteiger partial charge in [-0.25, -0.2) is 4.39 Å². The highest BCUT2D eigenvalue weighted by Crippen LogP contribution is 2.24. The Hall–Kier alpha value is -1.29. The number of benzene rings is 1. The van der Waals surface area contributed by atoms with Gasteiger partial charge in [-0.2, -0.15) is 0 Å². The van der Waals surface area contributed by atoms with E-state index in [0.29, 0.717) is 43.3 Å². The summed E-state index contributed by atoms with van der Waals surface area (Å²) in [4.78, 5) is 13.4. The summed E-state index contributed by atoms with van der Waals surface area (Å²) in [7, 11) is 0.